The lowest BCUT2D eigenvalue weighted by Gasteiger charge is -2.12. The minimum absolute atomic E-state index is 0.711. The molecular weight excluding hydrogens is 643 g/mol. The van der Waals surface area contributed by atoms with Crippen molar-refractivity contribution in [1.82, 2.24) is 14.4 Å². The molecule has 53 heavy (non-hydrogen) atoms. The molecule has 0 fully saturated rings. The number of benzene rings is 8. The largest absolute Gasteiger partial charge is 0.308 e. The molecule has 0 N–H and O–H groups in total. The van der Waals surface area contributed by atoms with Crippen molar-refractivity contribution in [3.8, 4) is 44.9 Å². The average molecular weight is 674 g/mol. The van der Waals surface area contributed by atoms with Gasteiger partial charge < -0.3 is 4.40 Å². The van der Waals surface area contributed by atoms with Crippen LogP contribution in [0.15, 0.2) is 188 Å². The molecule has 0 aliphatic carbocycles. The zero-order chi connectivity index (χ0) is 34.9. The summed E-state index contributed by atoms with van der Waals surface area (Å²) in [5.74, 6) is 0.711. The van der Waals surface area contributed by atoms with Gasteiger partial charge in [-0.2, -0.15) is 0 Å². The van der Waals surface area contributed by atoms with E-state index in [0.29, 0.717) is 5.82 Å². The summed E-state index contributed by atoms with van der Waals surface area (Å²) in [7, 11) is 0. The molecule has 0 atom stereocenters. The Bertz CT molecular complexity index is 3210. The molecule has 0 spiro atoms. The van der Waals surface area contributed by atoms with E-state index in [2.05, 4.69) is 192 Å². The summed E-state index contributed by atoms with van der Waals surface area (Å²) < 4.78 is 2.46. The average Bonchev–Trinajstić information content (AvgIpc) is 3.58. The summed E-state index contributed by atoms with van der Waals surface area (Å²) in [6.45, 7) is 0. The van der Waals surface area contributed by atoms with E-state index in [1.54, 1.807) is 0 Å². The van der Waals surface area contributed by atoms with Gasteiger partial charge in [-0.15, -0.1) is 0 Å². The van der Waals surface area contributed by atoms with E-state index >= 15 is 0 Å². The van der Waals surface area contributed by atoms with Gasteiger partial charge in [-0.1, -0.05) is 164 Å². The summed E-state index contributed by atoms with van der Waals surface area (Å²) >= 11 is 0. The third-order valence-corrected chi connectivity index (χ3v) is 10.8. The van der Waals surface area contributed by atoms with Crippen LogP contribution in [0.3, 0.4) is 0 Å². The lowest BCUT2D eigenvalue weighted by Crippen LogP contribution is -1.96. The Balaban J connectivity index is 1.19. The first-order valence-corrected chi connectivity index (χ1v) is 18.1. The molecule has 0 aliphatic rings. The molecule has 0 radical (unpaired) electrons. The van der Waals surface area contributed by atoms with Crippen LogP contribution in [0.2, 0.25) is 0 Å². The lowest BCUT2D eigenvalue weighted by molar-refractivity contribution is 1.23. The van der Waals surface area contributed by atoms with Gasteiger partial charge in [-0.3, -0.25) is 0 Å². The molecule has 0 saturated carbocycles. The van der Waals surface area contributed by atoms with Crippen molar-refractivity contribution in [2.24, 2.45) is 0 Å². The fourth-order valence-corrected chi connectivity index (χ4v) is 8.27. The Kier molecular flexibility index (Phi) is 6.55. The van der Waals surface area contributed by atoms with Crippen LogP contribution in [0.4, 0.5) is 0 Å². The first kappa shape index (κ1) is 29.6. The van der Waals surface area contributed by atoms with Gasteiger partial charge in [0.1, 0.15) is 0 Å². The Labute approximate surface area is 306 Å². The van der Waals surface area contributed by atoms with Crippen molar-refractivity contribution < 1.29 is 0 Å². The Morgan fingerprint density at radius 1 is 0.340 bits per heavy atom. The van der Waals surface area contributed by atoms with E-state index < -0.39 is 0 Å². The van der Waals surface area contributed by atoms with Crippen LogP contribution in [-0.4, -0.2) is 14.4 Å². The van der Waals surface area contributed by atoms with Gasteiger partial charge in [0.15, 0.2) is 5.82 Å². The van der Waals surface area contributed by atoms with Gasteiger partial charge in [0.2, 0.25) is 0 Å². The SMILES string of the molecule is c1ccc(-c2ccc(-c3c4ccc(-c5nc(-c6ccc7ccccc7c6)c6ccccc6n5)cc4n4c5ccccc5c5ccccc5c34)cc2)cc1. The van der Waals surface area contributed by atoms with Crippen LogP contribution in [0, 0.1) is 0 Å². The maximum atomic E-state index is 5.33. The van der Waals surface area contributed by atoms with Gasteiger partial charge in [-0.05, 0) is 57.1 Å². The second-order valence-corrected chi connectivity index (χ2v) is 13.8. The van der Waals surface area contributed by atoms with E-state index in [1.165, 1.54) is 65.6 Å². The van der Waals surface area contributed by atoms with Crippen LogP contribution in [-0.2, 0) is 0 Å². The lowest BCUT2D eigenvalue weighted by atomic mass is 9.96. The number of nitrogens with zero attached hydrogens (tertiary/aromatic N) is 3. The Morgan fingerprint density at radius 3 is 1.81 bits per heavy atom. The summed E-state index contributed by atoms with van der Waals surface area (Å²) in [6.07, 6.45) is 0. The summed E-state index contributed by atoms with van der Waals surface area (Å²) in [6, 6.07) is 67.4. The third-order valence-electron chi connectivity index (χ3n) is 10.8. The topological polar surface area (TPSA) is 30.2 Å². The van der Waals surface area contributed by atoms with E-state index in [1.807, 2.05) is 0 Å². The molecule has 0 unspecified atom stereocenters. The fourth-order valence-electron chi connectivity index (χ4n) is 8.27. The highest BCUT2D eigenvalue weighted by Gasteiger charge is 2.21. The van der Waals surface area contributed by atoms with Crippen LogP contribution in [0.25, 0.3) is 105 Å². The molecule has 246 valence electrons. The minimum atomic E-state index is 0.711. The van der Waals surface area contributed by atoms with Gasteiger partial charge in [0, 0.05) is 38.2 Å². The van der Waals surface area contributed by atoms with Crippen LogP contribution >= 0.6 is 0 Å². The zero-order valence-electron chi connectivity index (χ0n) is 28.7. The molecule has 0 bridgehead atoms. The van der Waals surface area contributed by atoms with Crippen LogP contribution < -0.4 is 0 Å². The van der Waals surface area contributed by atoms with Gasteiger partial charge in [0.25, 0.3) is 0 Å². The number of pyridine rings is 1. The highest BCUT2D eigenvalue weighted by atomic mass is 14.9. The molecule has 0 amide bonds. The van der Waals surface area contributed by atoms with E-state index in [0.717, 1.165) is 33.2 Å². The first-order valence-electron chi connectivity index (χ1n) is 18.1. The molecular formula is C50H31N3. The second-order valence-electron chi connectivity index (χ2n) is 13.8. The van der Waals surface area contributed by atoms with Crippen molar-refractivity contribution in [2.75, 3.05) is 0 Å². The molecule has 11 rings (SSSR count). The molecule has 3 nitrogen and oxygen atoms in total. The summed E-state index contributed by atoms with van der Waals surface area (Å²) in [5.41, 5.74) is 12.3. The van der Waals surface area contributed by atoms with Crippen molar-refractivity contribution in [2.45, 2.75) is 0 Å². The molecule has 3 aromatic heterocycles. The van der Waals surface area contributed by atoms with E-state index in [4.69, 9.17) is 9.97 Å². The fraction of sp³-hybridized carbons (Fsp3) is 0. The van der Waals surface area contributed by atoms with Gasteiger partial charge >= 0.3 is 0 Å². The number of fused-ring (bicyclic) bond motifs is 10. The minimum Gasteiger partial charge on any atom is -0.308 e. The Morgan fingerprint density at radius 2 is 0.962 bits per heavy atom. The summed E-state index contributed by atoms with van der Waals surface area (Å²) in [4.78, 5) is 10.5. The predicted molar refractivity (Wildman–Crippen MR) is 222 cm³/mol. The number of rotatable bonds is 4. The molecule has 0 saturated heterocycles. The highest BCUT2D eigenvalue weighted by Crippen LogP contribution is 2.44. The van der Waals surface area contributed by atoms with Crippen molar-refractivity contribution in [1.29, 1.82) is 0 Å². The standard InChI is InChI=1S/C50H31N3/c1-2-12-32(13-3-1)34-22-25-35(26-23-34)47-43-29-28-38(31-46(43)53-45-21-11-9-17-40(45)39-16-6-7-18-41(39)49(47)53)50-51-44-20-10-8-19-42(44)48(52-50)37-27-24-33-14-4-5-15-36(33)30-37/h1-31H. The molecule has 0 aliphatic heterocycles. The zero-order valence-corrected chi connectivity index (χ0v) is 28.7. The molecule has 3 heterocycles. The number of para-hydroxylation sites is 2. The van der Waals surface area contributed by atoms with E-state index in [9.17, 15) is 0 Å². The second kappa shape index (κ2) is 11.7. The maximum absolute atomic E-state index is 5.33. The number of aromatic nitrogens is 3. The van der Waals surface area contributed by atoms with Gasteiger partial charge in [-0.25, -0.2) is 9.97 Å². The quantitative estimate of drug-likeness (QED) is 0.174. The highest BCUT2D eigenvalue weighted by molar-refractivity contribution is 6.22. The number of hydrogen-bond acceptors (Lipinski definition) is 2. The molecule has 3 heteroatoms. The van der Waals surface area contributed by atoms with Crippen molar-refractivity contribution in [3.63, 3.8) is 0 Å². The van der Waals surface area contributed by atoms with Crippen molar-refractivity contribution >= 4 is 59.8 Å². The Hall–Kier alpha value is -7.10. The third kappa shape index (κ3) is 4.68. The monoisotopic (exact) mass is 673 g/mol. The van der Waals surface area contributed by atoms with Gasteiger partial charge in [0.05, 0.1) is 27.8 Å². The predicted octanol–water partition coefficient (Wildman–Crippen LogP) is 13.2. The summed E-state index contributed by atoms with van der Waals surface area (Å²) in [5, 5.41) is 8.34. The smallest absolute Gasteiger partial charge is 0.160 e. The number of hydrogen-bond donors (Lipinski definition) is 0. The first-order chi connectivity index (χ1) is 26.3. The van der Waals surface area contributed by atoms with E-state index in [-0.39, 0.29) is 0 Å². The van der Waals surface area contributed by atoms with Crippen LogP contribution in [0.1, 0.15) is 0 Å². The van der Waals surface area contributed by atoms with Crippen molar-refractivity contribution in [3.05, 3.63) is 188 Å². The molecule has 11 aromatic rings. The van der Waals surface area contributed by atoms with Crippen LogP contribution in [0.5, 0.6) is 0 Å². The molecule has 8 aromatic carbocycles. The normalized spacial score (nSPS) is 11.8. The maximum Gasteiger partial charge on any atom is 0.160 e.